The molecule has 0 bridgehead atoms. The molecule has 390 valence electrons. The van der Waals surface area contributed by atoms with Crippen molar-refractivity contribution < 1.29 is 66.5 Å². The van der Waals surface area contributed by atoms with Gasteiger partial charge in [0.05, 0.1) is 28.3 Å². The molecule has 1 atom stereocenters. The van der Waals surface area contributed by atoms with E-state index in [0.717, 1.165) is 24.3 Å². The maximum absolute atomic E-state index is 12.9. The van der Waals surface area contributed by atoms with Crippen LogP contribution in [0, 0.1) is 6.92 Å². The van der Waals surface area contributed by atoms with Gasteiger partial charge in [-0.15, -0.1) is 4.33 Å². The summed E-state index contributed by atoms with van der Waals surface area (Å²) in [5.41, 5.74) is 1.17. The molecule has 0 aliphatic rings. The molecular weight excluding hydrogens is 1060 g/mol. The minimum atomic E-state index is -4.94. The summed E-state index contributed by atoms with van der Waals surface area (Å²) in [6.07, 6.45) is 2.84. The highest BCUT2D eigenvalue weighted by Gasteiger charge is 2.22. The predicted molar refractivity (Wildman–Crippen MR) is 269 cm³/mol. The van der Waals surface area contributed by atoms with Gasteiger partial charge in [0.1, 0.15) is 21.2 Å². The Bertz CT molecular complexity index is 3390. The van der Waals surface area contributed by atoms with Crippen molar-refractivity contribution in [3.05, 3.63) is 89.5 Å². The summed E-state index contributed by atoms with van der Waals surface area (Å²) in [4.78, 5) is 28.7. The summed E-state index contributed by atoms with van der Waals surface area (Å²) in [6.45, 7) is 10.9. The zero-order valence-corrected chi connectivity index (χ0v) is 42.9. The molecule has 6 rings (SSSR count). The van der Waals surface area contributed by atoms with Crippen molar-refractivity contribution in [1.29, 1.82) is 0 Å². The van der Waals surface area contributed by atoms with E-state index in [2.05, 4.69) is 56.2 Å². The molecule has 27 nitrogen and oxygen atoms in total. The minimum Gasteiger partial charge on any atom is -0.740 e. The molecule has 2 aromatic heterocycles. The SMILES string of the molecule is CCN(CC)c1nc(Nc2ccc(/C=C/c3ccc(Nc4nc(Nc5cc(C)ccc5S(=O)(=O)O)nc(N(CC)CC)n4)cc3SOOO)c(S(=O)(=O)O)c2)nc(Nc2cc(S(=O)(=O)O)ccc2OS(=O)[O-])n1. The number of nitrogens with zero attached hydrogens (tertiary/aromatic N) is 8. The number of rotatable bonds is 24. The van der Waals surface area contributed by atoms with E-state index >= 15 is 0 Å². The molecule has 4 aromatic carbocycles. The first-order valence-electron chi connectivity index (χ1n) is 21.2. The van der Waals surface area contributed by atoms with Gasteiger partial charge in [0.25, 0.3) is 30.4 Å². The molecule has 0 saturated heterocycles. The van der Waals surface area contributed by atoms with Crippen LogP contribution in [0.25, 0.3) is 12.2 Å². The molecule has 73 heavy (non-hydrogen) atoms. The van der Waals surface area contributed by atoms with Gasteiger partial charge in [-0.05, 0) is 106 Å². The van der Waals surface area contributed by atoms with Gasteiger partial charge in [0.2, 0.25) is 35.7 Å². The molecule has 0 radical (unpaired) electrons. The minimum absolute atomic E-state index is 0.00300. The van der Waals surface area contributed by atoms with Crippen molar-refractivity contribution >= 4 is 124 Å². The number of hydrogen-bond acceptors (Lipinski definition) is 25. The van der Waals surface area contributed by atoms with Crippen LogP contribution in [0.5, 0.6) is 5.75 Å². The molecule has 1 unspecified atom stereocenters. The fraction of sp³-hybridized carbons (Fsp3) is 0.220. The molecule has 0 amide bonds. The number of aryl methyl sites for hydroxylation is 1. The lowest BCUT2D eigenvalue weighted by atomic mass is 10.1. The predicted octanol–water partition coefficient (Wildman–Crippen LogP) is 6.54. The van der Waals surface area contributed by atoms with E-state index in [4.69, 9.17) is 13.8 Å². The number of nitrogens with one attached hydrogen (secondary N) is 4. The lowest BCUT2D eigenvalue weighted by molar-refractivity contribution is -0.432. The van der Waals surface area contributed by atoms with Crippen LogP contribution < -0.4 is 35.3 Å². The third-order valence-corrected chi connectivity index (χ3v) is 13.7. The second kappa shape index (κ2) is 23.9. The average molecular weight is 1110 g/mol. The lowest BCUT2D eigenvalue weighted by Crippen LogP contribution is -2.25. The van der Waals surface area contributed by atoms with Crippen molar-refractivity contribution in [2.45, 2.75) is 54.2 Å². The number of hydrogen-bond donors (Lipinski definition) is 8. The molecule has 0 aliphatic carbocycles. The van der Waals surface area contributed by atoms with Gasteiger partial charge < -0.3 is 39.8 Å². The fourth-order valence-electron chi connectivity index (χ4n) is 6.65. The van der Waals surface area contributed by atoms with Gasteiger partial charge >= 0.3 is 0 Å². The normalized spacial score (nSPS) is 12.4. The number of aromatic nitrogens is 6. The van der Waals surface area contributed by atoms with Crippen molar-refractivity contribution in [2.75, 3.05) is 57.2 Å². The summed E-state index contributed by atoms with van der Waals surface area (Å²) in [5, 5.41) is 24.3. The van der Waals surface area contributed by atoms with E-state index in [1.54, 1.807) is 43.9 Å². The summed E-state index contributed by atoms with van der Waals surface area (Å²) >= 11 is -2.54. The van der Waals surface area contributed by atoms with Gasteiger partial charge in [-0.3, -0.25) is 13.7 Å². The first-order valence-corrected chi connectivity index (χ1v) is 27.2. The van der Waals surface area contributed by atoms with Gasteiger partial charge in [0, 0.05) is 42.4 Å². The zero-order valence-electron chi connectivity index (χ0n) is 38.8. The first-order chi connectivity index (χ1) is 34.5. The molecule has 8 N–H and O–H groups in total. The smallest absolute Gasteiger partial charge is 0.296 e. The fourth-order valence-corrected chi connectivity index (χ4v) is 9.30. The largest absolute Gasteiger partial charge is 0.740 e. The van der Waals surface area contributed by atoms with Crippen molar-refractivity contribution in [3.63, 3.8) is 0 Å². The maximum Gasteiger partial charge on any atom is 0.296 e. The number of benzene rings is 4. The monoisotopic (exact) mass is 1110 g/mol. The van der Waals surface area contributed by atoms with Crippen LogP contribution in [0.1, 0.15) is 44.4 Å². The second-order valence-electron chi connectivity index (χ2n) is 14.8. The standard InChI is InChI=1S/C41H46N12O15S5/c1-6-52(7-2)40-49-37(46-38(50-40)44-30-23-29(71(57,58)59)17-18-32(30)66-70(55)56)43-28-16-14-26(35(22-28)73(63,64)65)12-11-25-13-15-27(21-33(25)69-68-67-54)42-36-47-39(51-41(48-36)53(8-3)9-4)45-31-20-24(5)10-19-34(31)72(60,61)62/h10-23,54H,6-9H2,1-5H3,(H,55,56)(H,57,58,59)(H,60,61,62)(H,63,64,65)(H2,42,45,47,48,51)(H2,43,44,46,49,50)/p-1/b12-11+. The highest BCUT2D eigenvalue weighted by atomic mass is 32.2. The Kier molecular flexibility index (Phi) is 18.2. The Hall–Kier alpha value is -6.69. The summed E-state index contributed by atoms with van der Waals surface area (Å²) in [6, 6.07) is 15.6. The Morgan fingerprint density at radius 3 is 1.63 bits per heavy atom. The molecule has 0 aliphatic heterocycles. The Balaban J connectivity index is 1.32. The van der Waals surface area contributed by atoms with Crippen LogP contribution in [-0.4, -0.2) is 109 Å². The van der Waals surface area contributed by atoms with Crippen LogP contribution in [0.15, 0.2) is 92.4 Å². The van der Waals surface area contributed by atoms with E-state index in [1.165, 1.54) is 42.5 Å². The molecule has 6 aromatic rings. The first kappa shape index (κ1) is 55.6. The van der Waals surface area contributed by atoms with Crippen LogP contribution in [0.4, 0.5) is 58.4 Å². The average Bonchev–Trinajstić information content (AvgIpc) is 3.31. The van der Waals surface area contributed by atoms with E-state index < -0.39 is 56.4 Å². The van der Waals surface area contributed by atoms with Crippen LogP contribution in [0.3, 0.4) is 0 Å². The Morgan fingerprint density at radius 2 is 1.12 bits per heavy atom. The summed E-state index contributed by atoms with van der Waals surface area (Å²) in [7, 11) is -14.4. The van der Waals surface area contributed by atoms with Crippen molar-refractivity contribution in [1.82, 2.24) is 29.9 Å². The lowest BCUT2D eigenvalue weighted by Gasteiger charge is -2.20. The molecular formula is C41H45N12O15S5-. The second-order valence-corrected chi connectivity index (χ2v) is 20.4. The van der Waals surface area contributed by atoms with E-state index in [9.17, 15) is 47.7 Å². The van der Waals surface area contributed by atoms with Crippen LogP contribution in [-0.2, 0) is 51.1 Å². The summed E-state index contributed by atoms with van der Waals surface area (Å²) < 4.78 is 136. The van der Waals surface area contributed by atoms with Crippen LogP contribution >= 0.6 is 12.0 Å². The zero-order chi connectivity index (χ0) is 53.3. The third-order valence-electron chi connectivity index (χ3n) is 10.1. The van der Waals surface area contributed by atoms with E-state index in [0.29, 0.717) is 55.0 Å². The molecule has 32 heteroatoms. The van der Waals surface area contributed by atoms with Crippen molar-refractivity contribution in [3.8, 4) is 5.75 Å². The van der Waals surface area contributed by atoms with E-state index in [1.807, 2.05) is 18.7 Å². The van der Waals surface area contributed by atoms with Gasteiger partial charge in [-0.25, -0.2) is 9.47 Å². The molecule has 2 heterocycles. The summed E-state index contributed by atoms with van der Waals surface area (Å²) in [5.74, 6) is -0.634. The van der Waals surface area contributed by atoms with Gasteiger partial charge in [0.15, 0.2) is 5.75 Å². The Morgan fingerprint density at radius 1 is 0.616 bits per heavy atom. The van der Waals surface area contributed by atoms with E-state index in [-0.39, 0.29) is 69.0 Å². The Labute approximate surface area is 425 Å². The maximum atomic E-state index is 12.9. The topological polar surface area (TPSA) is 383 Å². The highest BCUT2D eigenvalue weighted by molar-refractivity contribution is 7.94. The highest BCUT2D eigenvalue weighted by Crippen LogP contribution is 2.34. The number of anilines is 10. The van der Waals surface area contributed by atoms with Crippen LogP contribution in [0.2, 0.25) is 0 Å². The quantitative estimate of drug-likeness (QED) is 0.00795. The molecule has 0 saturated carbocycles. The van der Waals surface area contributed by atoms with Gasteiger partial charge in [-0.2, -0.15) is 55.2 Å². The van der Waals surface area contributed by atoms with Crippen molar-refractivity contribution in [2.24, 2.45) is 0 Å². The molecule has 0 fully saturated rings. The van der Waals surface area contributed by atoms with Gasteiger partial charge in [-0.1, -0.05) is 35.4 Å². The molecule has 0 spiro atoms. The third kappa shape index (κ3) is 15.0.